The van der Waals surface area contributed by atoms with Crippen molar-refractivity contribution in [1.82, 2.24) is 19.7 Å². The molecule has 1 aliphatic heterocycles. The van der Waals surface area contributed by atoms with Crippen LogP contribution in [0.25, 0.3) is 11.4 Å². The van der Waals surface area contributed by atoms with E-state index in [2.05, 4.69) is 40.7 Å². The molecule has 23 heavy (non-hydrogen) atoms. The SMILES string of the molecule is CCn1c(SCC(=O)N2CCCC2)nnc1-c1cccc(C)c1. The molecule has 1 saturated heterocycles. The number of thioether (sulfide) groups is 1. The molecule has 0 aliphatic carbocycles. The molecule has 3 rings (SSSR count). The second-order valence-electron chi connectivity index (χ2n) is 5.80. The van der Waals surface area contributed by atoms with Crippen molar-refractivity contribution in [3.63, 3.8) is 0 Å². The lowest BCUT2D eigenvalue weighted by Gasteiger charge is -2.14. The number of nitrogens with zero attached hydrogens (tertiary/aromatic N) is 4. The van der Waals surface area contributed by atoms with Crippen molar-refractivity contribution in [3.05, 3.63) is 29.8 Å². The number of aromatic nitrogens is 3. The van der Waals surface area contributed by atoms with Gasteiger partial charge in [-0.15, -0.1) is 10.2 Å². The lowest BCUT2D eigenvalue weighted by molar-refractivity contribution is -0.127. The van der Waals surface area contributed by atoms with Gasteiger partial charge in [0.1, 0.15) is 0 Å². The quantitative estimate of drug-likeness (QED) is 0.791. The van der Waals surface area contributed by atoms with Crippen LogP contribution in [0.2, 0.25) is 0 Å². The Morgan fingerprint density at radius 3 is 2.74 bits per heavy atom. The van der Waals surface area contributed by atoms with E-state index >= 15 is 0 Å². The highest BCUT2D eigenvalue weighted by molar-refractivity contribution is 7.99. The fraction of sp³-hybridized carbons (Fsp3) is 0.471. The largest absolute Gasteiger partial charge is 0.342 e. The van der Waals surface area contributed by atoms with Gasteiger partial charge in [-0.25, -0.2) is 0 Å². The third-order valence-corrected chi connectivity index (χ3v) is 5.04. The lowest BCUT2D eigenvalue weighted by atomic mass is 10.1. The Morgan fingerprint density at radius 2 is 2.04 bits per heavy atom. The van der Waals surface area contributed by atoms with E-state index in [1.54, 1.807) is 0 Å². The lowest BCUT2D eigenvalue weighted by Crippen LogP contribution is -2.29. The van der Waals surface area contributed by atoms with Crippen LogP contribution in [-0.4, -0.2) is 44.4 Å². The van der Waals surface area contributed by atoms with E-state index in [0.717, 1.165) is 49.0 Å². The van der Waals surface area contributed by atoms with Crippen molar-refractivity contribution in [2.24, 2.45) is 0 Å². The number of likely N-dealkylation sites (tertiary alicyclic amines) is 1. The Bertz CT molecular complexity index is 692. The second-order valence-corrected chi connectivity index (χ2v) is 6.74. The van der Waals surface area contributed by atoms with Crippen molar-refractivity contribution in [2.45, 2.75) is 38.4 Å². The van der Waals surface area contributed by atoms with Gasteiger partial charge in [-0.05, 0) is 32.8 Å². The zero-order valence-corrected chi connectivity index (χ0v) is 14.5. The van der Waals surface area contributed by atoms with Crippen LogP contribution < -0.4 is 0 Å². The first kappa shape index (κ1) is 16.1. The van der Waals surface area contributed by atoms with Crippen LogP contribution in [0.1, 0.15) is 25.3 Å². The fourth-order valence-electron chi connectivity index (χ4n) is 2.86. The van der Waals surface area contributed by atoms with Gasteiger partial charge in [0.25, 0.3) is 0 Å². The molecule has 1 fully saturated rings. The van der Waals surface area contributed by atoms with Gasteiger partial charge < -0.3 is 9.47 Å². The van der Waals surface area contributed by atoms with Gasteiger partial charge >= 0.3 is 0 Å². The zero-order valence-electron chi connectivity index (χ0n) is 13.7. The summed E-state index contributed by atoms with van der Waals surface area (Å²) in [6.45, 7) is 6.73. The van der Waals surface area contributed by atoms with E-state index in [0.29, 0.717) is 5.75 Å². The van der Waals surface area contributed by atoms with Gasteiger partial charge in [-0.1, -0.05) is 35.5 Å². The van der Waals surface area contributed by atoms with Crippen LogP contribution in [-0.2, 0) is 11.3 Å². The third-order valence-electron chi connectivity index (χ3n) is 4.09. The van der Waals surface area contributed by atoms with Crippen LogP contribution in [0.5, 0.6) is 0 Å². The van der Waals surface area contributed by atoms with Crippen molar-refractivity contribution in [2.75, 3.05) is 18.8 Å². The zero-order chi connectivity index (χ0) is 16.2. The summed E-state index contributed by atoms with van der Waals surface area (Å²) in [7, 11) is 0. The van der Waals surface area contributed by atoms with Crippen LogP contribution in [0.3, 0.4) is 0 Å². The summed E-state index contributed by atoms with van der Waals surface area (Å²) in [5.41, 5.74) is 2.27. The molecule has 0 spiro atoms. The Labute approximate surface area is 141 Å². The molecule has 2 aromatic rings. The van der Waals surface area contributed by atoms with E-state index in [9.17, 15) is 4.79 Å². The molecule has 5 nitrogen and oxygen atoms in total. The summed E-state index contributed by atoms with van der Waals surface area (Å²) >= 11 is 1.48. The second kappa shape index (κ2) is 7.17. The summed E-state index contributed by atoms with van der Waals surface area (Å²) in [6.07, 6.45) is 2.25. The number of aryl methyl sites for hydroxylation is 1. The molecule has 0 radical (unpaired) electrons. The molecule has 0 saturated carbocycles. The summed E-state index contributed by atoms with van der Waals surface area (Å²) in [5.74, 6) is 1.51. The average molecular weight is 330 g/mol. The van der Waals surface area contributed by atoms with Crippen LogP contribution >= 0.6 is 11.8 Å². The first-order chi connectivity index (χ1) is 11.2. The molecular formula is C17H22N4OS. The number of hydrogen-bond acceptors (Lipinski definition) is 4. The summed E-state index contributed by atoms with van der Waals surface area (Å²) in [6, 6.07) is 8.26. The Hall–Kier alpha value is -1.82. The summed E-state index contributed by atoms with van der Waals surface area (Å²) < 4.78 is 2.08. The maximum absolute atomic E-state index is 12.2. The Kier molecular flexibility index (Phi) is 5.00. The van der Waals surface area contributed by atoms with Crippen molar-refractivity contribution < 1.29 is 4.79 Å². The van der Waals surface area contributed by atoms with E-state index < -0.39 is 0 Å². The molecule has 0 atom stereocenters. The number of hydrogen-bond donors (Lipinski definition) is 0. The summed E-state index contributed by atoms with van der Waals surface area (Å²) in [4.78, 5) is 14.1. The van der Waals surface area contributed by atoms with Crippen molar-refractivity contribution in [1.29, 1.82) is 0 Å². The monoisotopic (exact) mass is 330 g/mol. The van der Waals surface area contributed by atoms with Gasteiger partial charge in [0.2, 0.25) is 5.91 Å². The minimum absolute atomic E-state index is 0.204. The molecule has 1 amide bonds. The van der Waals surface area contributed by atoms with Gasteiger partial charge in [-0.2, -0.15) is 0 Å². The molecule has 0 bridgehead atoms. The predicted molar refractivity (Wildman–Crippen MR) is 92.4 cm³/mol. The topological polar surface area (TPSA) is 51.0 Å². The number of amides is 1. The highest BCUT2D eigenvalue weighted by atomic mass is 32.2. The third kappa shape index (κ3) is 3.58. The highest BCUT2D eigenvalue weighted by Gasteiger charge is 2.20. The molecule has 0 N–H and O–H groups in total. The molecular weight excluding hydrogens is 308 g/mol. The Morgan fingerprint density at radius 1 is 1.26 bits per heavy atom. The molecule has 2 heterocycles. The van der Waals surface area contributed by atoms with Crippen LogP contribution in [0.15, 0.2) is 29.4 Å². The number of benzene rings is 1. The van der Waals surface area contributed by atoms with Crippen molar-refractivity contribution >= 4 is 17.7 Å². The van der Waals surface area contributed by atoms with Gasteiger partial charge in [0.15, 0.2) is 11.0 Å². The van der Waals surface area contributed by atoms with E-state index in [4.69, 9.17) is 0 Å². The standard InChI is InChI=1S/C17H22N4OS/c1-3-21-16(14-8-6-7-13(2)11-14)18-19-17(21)23-12-15(22)20-9-4-5-10-20/h6-8,11H,3-5,9-10,12H2,1-2H3. The maximum atomic E-state index is 12.2. The molecule has 1 aromatic carbocycles. The van der Waals surface area contributed by atoms with E-state index in [-0.39, 0.29) is 5.91 Å². The minimum atomic E-state index is 0.204. The van der Waals surface area contributed by atoms with E-state index in [1.165, 1.54) is 17.3 Å². The number of carbonyl (C=O) groups excluding carboxylic acids is 1. The first-order valence-electron chi connectivity index (χ1n) is 8.10. The first-order valence-corrected chi connectivity index (χ1v) is 9.08. The van der Waals surface area contributed by atoms with Gasteiger partial charge in [0.05, 0.1) is 5.75 Å². The smallest absolute Gasteiger partial charge is 0.233 e. The average Bonchev–Trinajstić information content (AvgIpc) is 3.21. The van der Waals surface area contributed by atoms with Crippen LogP contribution in [0.4, 0.5) is 0 Å². The van der Waals surface area contributed by atoms with Crippen molar-refractivity contribution in [3.8, 4) is 11.4 Å². The molecule has 1 aromatic heterocycles. The predicted octanol–water partition coefficient (Wildman–Crippen LogP) is 2.99. The number of rotatable bonds is 5. The Balaban J connectivity index is 1.74. The normalized spacial score (nSPS) is 14.4. The van der Waals surface area contributed by atoms with Gasteiger partial charge in [0, 0.05) is 25.2 Å². The minimum Gasteiger partial charge on any atom is -0.342 e. The molecule has 6 heteroatoms. The van der Waals surface area contributed by atoms with Crippen LogP contribution in [0, 0.1) is 6.92 Å². The fourth-order valence-corrected chi connectivity index (χ4v) is 3.77. The number of carbonyl (C=O) groups is 1. The summed E-state index contributed by atoms with van der Waals surface area (Å²) in [5, 5.41) is 9.45. The molecule has 0 unspecified atom stereocenters. The van der Waals surface area contributed by atoms with E-state index in [1.807, 2.05) is 17.0 Å². The van der Waals surface area contributed by atoms with Gasteiger partial charge in [-0.3, -0.25) is 4.79 Å². The highest BCUT2D eigenvalue weighted by Crippen LogP contribution is 2.25. The maximum Gasteiger partial charge on any atom is 0.233 e. The molecule has 122 valence electrons. The molecule has 1 aliphatic rings.